The van der Waals surface area contributed by atoms with Gasteiger partial charge in [0, 0.05) is 5.69 Å². The Morgan fingerprint density at radius 1 is 1.12 bits per heavy atom. The van der Waals surface area contributed by atoms with Crippen molar-refractivity contribution < 1.29 is 18.0 Å². The van der Waals surface area contributed by atoms with Gasteiger partial charge in [0.15, 0.2) is 0 Å². The van der Waals surface area contributed by atoms with Gasteiger partial charge in [-0.1, -0.05) is 30.3 Å². The van der Waals surface area contributed by atoms with E-state index in [1.807, 2.05) is 35.3 Å². The van der Waals surface area contributed by atoms with Crippen molar-refractivity contribution in [1.29, 1.82) is 0 Å². The van der Waals surface area contributed by atoms with Crippen molar-refractivity contribution in [3.63, 3.8) is 0 Å². The summed E-state index contributed by atoms with van der Waals surface area (Å²) in [6, 6.07) is 13.7. The number of hydrogen-bond acceptors (Lipinski definition) is 3. The molecule has 3 rings (SSSR count). The fourth-order valence-electron chi connectivity index (χ4n) is 2.48. The van der Waals surface area contributed by atoms with E-state index in [9.17, 15) is 18.0 Å². The van der Waals surface area contributed by atoms with E-state index < -0.39 is 17.8 Å². The third kappa shape index (κ3) is 4.53. The summed E-state index contributed by atoms with van der Waals surface area (Å²) in [6.07, 6.45) is -4.40. The van der Waals surface area contributed by atoms with Crippen LogP contribution >= 0.6 is 0 Å². The van der Waals surface area contributed by atoms with E-state index in [4.69, 9.17) is 0 Å². The SMILES string of the molecule is C/C(=N/N1CC1c1ccccc1)NC(=O)Nc1ccc(C(F)(F)F)cc1. The highest BCUT2D eigenvalue weighted by Crippen LogP contribution is 2.34. The Balaban J connectivity index is 1.52. The van der Waals surface area contributed by atoms with Gasteiger partial charge in [-0.05, 0) is 36.8 Å². The van der Waals surface area contributed by atoms with E-state index in [2.05, 4.69) is 15.7 Å². The van der Waals surface area contributed by atoms with Crippen molar-refractivity contribution >= 4 is 17.6 Å². The number of anilines is 1. The van der Waals surface area contributed by atoms with Crippen molar-refractivity contribution in [1.82, 2.24) is 10.3 Å². The summed E-state index contributed by atoms with van der Waals surface area (Å²) in [5.41, 5.74) is 0.644. The molecule has 1 unspecified atom stereocenters. The van der Waals surface area contributed by atoms with E-state index in [0.717, 1.165) is 24.2 Å². The van der Waals surface area contributed by atoms with E-state index in [0.29, 0.717) is 5.84 Å². The molecule has 1 aliphatic heterocycles. The molecule has 0 bridgehead atoms. The average molecular weight is 362 g/mol. The Morgan fingerprint density at radius 2 is 1.77 bits per heavy atom. The fourth-order valence-corrected chi connectivity index (χ4v) is 2.48. The minimum absolute atomic E-state index is 0.200. The summed E-state index contributed by atoms with van der Waals surface area (Å²) in [6.45, 7) is 2.41. The first-order valence-corrected chi connectivity index (χ1v) is 7.95. The molecule has 2 N–H and O–H groups in total. The first-order chi connectivity index (χ1) is 12.3. The second-order valence-corrected chi connectivity index (χ2v) is 5.89. The molecule has 0 aromatic heterocycles. The second kappa shape index (κ2) is 7.07. The molecule has 2 aromatic carbocycles. The van der Waals surface area contributed by atoms with Gasteiger partial charge in [-0.3, -0.25) is 10.3 Å². The Morgan fingerprint density at radius 3 is 2.38 bits per heavy atom. The third-order valence-corrected chi connectivity index (χ3v) is 3.81. The van der Waals surface area contributed by atoms with Gasteiger partial charge in [-0.15, -0.1) is 0 Å². The monoisotopic (exact) mass is 362 g/mol. The molecule has 2 aromatic rings. The normalized spacial score (nSPS) is 17.0. The molecular formula is C18H17F3N4O. The van der Waals surface area contributed by atoms with Crippen LogP contribution in [0.15, 0.2) is 59.7 Å². The Kier molecular flexibility index (Phi) is 4.83. The van der Waals surface area contributed by atoms with Crippen LogP contribution in [0.25, 0.3) is 0 Å². The van der Waals surface area contributed by atoms with Gasteiger partial charge >= 0.3 is 12.2 Å². The number of urea groups is 1. The molecule has 26 heavy (non-hydrogen) atoms. The number of benzene rings is 2. The number of carbonyl (C=O) groups is 1. The number of halogens is 3. The zero-order valence-corrected chi connectivity index (χ0v) is 13.9. The van der Waals surface area contributed by atoms with Crippen LogP contribution in [0.3, 0.4) is 0 Å². The van der Waals surface area contributed by atoms with Gasteiger partial charge in [0.05, 0.1) is 18.2 Å². The predicted molar refractivity (Wildman–Crippen MR) is 92.6 cm³/mol. The predicted octanol–water partition coefficient (Wildman–Crippen LogP) is 4.22. The highest BCUT2D eigenvalue weighted by molar-refractivity contribution is 6.02. The largest absolute Gasteiger partial charge is 0.416 e. The molecule has 1 aliphatic rings. The van der Waals surface area contributed by atoms with Gasteiger partial charge in [0.2, 0.25) is 0 Å². The van der Waals surface area contributed by atoms with Gasteiger partial charge < -0.3 is 5.32 Å². The molecule has 8 heteroatoms. The molecule has 1 fully saturated rings. The van der Waals surface area contributed by atoms with Gasteiger partial charge in [-0.25, -0.2) is 4.79 Å². The van der Waals surface area contributed by atoms with E-state index >= 15 is 0 Å². The zero-order chi connectivity index (χ0) is 18.7. The van der Waals surface area contributed by atoms with Crippen molar-refractivity contribution in [2.75, 3.05) is 11.9 Å². The zero-order valence-electron chi connectivity index (χ0n) is 13.9. The molecule has 0 spiro atoms. The van der Waals surface area contributed by atoms with Crippen LogP contribution in [-0.2, 0) is 6.18 Å². The number of nitrogens with one attached hydrogen (secondary N) is 2. The van der Waals surface area contributed by atoms with Crippen molar-refractivity contribution in [3.05, 3.63) is 65.7 Å². The molecule has 2 amide bonds. The molecule has 0 radical (unpaired) electrons. The lowest BCUT2D eigenvalue weighted by atomic mass is 10.2. The summed E-state index contributed by atoms with van der Waals surface area (Å²) >= 11 is 0. The molecule has 1 atom stereocenters. The second-order valence-electron chi connectivity index (χ2n) is 5.89. The Labute approximate surface area is 148 Å². The molecule has 0 saturated carbocycles. The maximum Gasteiger partial charge on any atom is 0.416 e. The Bertz CT molecular complexity index is 803. The molecule has 136 valence electrons. The molecule has 5 nitrogen and oxygen atoms in total. The molecule has 0 aliphatic carbocycles. The lowest BCUT2D eigenvalue weighted by molar-refractivity contribution is -0.137. The summed E-state index contributed by atoms with van der Waals surface area (Å²) in [5.74, 6) is 0.396. The highest BCUT2D eigenvalue weighted by Gasteiger charge is 2.34. The molecular weight excluding hydrogens is 345 g/mol. The van der Waals surface area contributed by atoms with Gasteiger partial charge in [0.1, 0.15) is 5.84 Å². The standard InChI is InChI=1S/C18H17F3N4O/c1-12(24-25-11-16(25)13-5-3-2-4-6-13)22-17(26)23-15-9-7-14(8-10-15)18(19,20)21/h2-10,16H,11H2,1H3,(H2,22,23,24,26). The first-order valence-electron chi connectivity index (χ1n) is 7.95. The van der Waals surface area contributed by atoms with E-state index in [1.165, 1.54) is 12.1 Å². The average Bonchev–Trinajstić information content (AvgIpc) is 3.34. The topological polar surface area (TPSA) is 56.5 Å². The highest BCUT2D eigenvalue weighted by atomic mass is 19.4. The van der Waals surface area contributed by atoms with Crippen LogP contribution in [0, 0.1) is 0 Å². The van der Waals surface area contributed by atoms with Crippen LogP contribution in [0.5, 0.6) is 0 Å². The van der Waals surface area contributed by atoms with E-state index in [1.54, 1.807) is 6.92 Å². The van der Waals surface area contributed by atoms with Gasteiger partial charge in [-0.2, -0.15) is 18.3 Å². The van der Waals surface area contributed by atoms with Crippen molar-refractivity contribution in [2.45, 2.75) is 19.1 Å². The third-order valence-electron chi connectivity index (χ3n) is 3.81. The van der Waals surface area contributed by atoms with Crippen LogP contribution in [0.2, 0.25) is 0 Å². The number of amides is 2. The number of hydrazone groups is 1. The lowest BCUT2D eigenvalue weighted by Crippen LogP contribution is -2.33. The minimum Gasteiger partial charge on any atom is -0.308 e. The fraction of sp³-hybridized carbons (Fsp3) is 0.222. The van der Waals surface area contributed by atoms with E-state index in [-0.39, 0.29) is 11.7 Å². The summed E-state index contributed by atoms with van der Waals surface area (Å²) in [5, 5.41) is 11.2. The summed E-state index contributed by atoms with van der Waals surface area (Å²) < 4.78 is 37.5. The quantitative estimate of drug-likeness (QED) is 0.488. The van der Waals surface area contributed by atoms with Crippen LogP contribution in [0.1, 0.15) is 24.1 Å². The molecule has 1 heterocycles. The molecule has 1 saturated heterocycles. The Hall–Kier alpha value is -3.03. The van der Waals surface area contributed by atoms with Crippen LogP contribution in [0.4, 0.5) is 23.7 Å². The summed E-state index contributed by atoms with van der Waals surface area (Å²) in [7, 11) is 0. The number of hydrogen-bond donors (Lipinski definition) is 2. The minimum atomic E-state index is -4.40. The smallest absolute Gasteiger partial charge is 0.308 e. The van der Waals surface area contributed by atoms with Crippen molar-refractivity contribution in [3.8, 4) is 0 Å². The number of carbonyl (C=O) groups excluding carboxylic acids is 1. The lowest BCUT2D eigenvalue weighted by Gasteiger charge is -2.10. The maximum atomic E-state index is 12.5. The van der Waals surface area contributed by atoms with Crippen LogP contribution < -0.4 is 10.6 Å². The number of nitrogens with zero attached hydrogens (tertiary/aromatic N) is 2. The van der Waals surface area contributed by atoms with Gasteiger partial charge in [0.25, 0.3) is 0 Å². The first kappa shape index (κ1) is 17.8. The number of alkyl halides is 3. The maximum absolute atomic E-state index is 12.5. The van der Waals surface area contributed by atoms with Crippen LogP contribution in [-0.4, -0.2) is 23.4 Å². The number of amidine groups is 1. The number of rotatable bonds is 3. The summed E-state index contributed by atoms with van der Waals surface area (Å²) in [4.78, 5) is 11.9. The van der Waals surface area contributed by atoms with Crippen molar-refractivity contribution in [2.24, 2.45) is 5.10 Å².